The third kappa shape index (κ3) is 4.08. The number of benzene rings is 1. The smallest absolute Gasteiger partial charge is 0.160 e. The van der Waals surface area contributed by atoms with Crippen molar-refractivity contribution in [3.63, 3.8) is 0 Å². The number of H-pyrrole nitrogens is 1. The summed E-state index contributed by atoms with van der Waals surface area (Å²) in [4.78, 5) is 10.4. The maximum Gasteiger partial charge on any atom is 0.160 e. The molecule has 0 aliphatic carbocycles. The molecule has 0 spiro atoms. The molecule has 0 bridgehead atoms. The van der Waals surface area contributed by atoms with E-state index in [1.807, 2.05) is 25.5 Å². The largest absolute Gasteiger partial charge is 0.392 e. The average molecular weight is 485 g/mol. The Kier molecular flexibility index (Phi) is 5.81. The topological polar surface area (TPSA) is 100 Å². The van der Waals surface area contributed by atoms with Crippen LogP contribution in [0.15, 0.2) is 43.0 Å². The summed E-state index contributed by atoms with van der Waals surface area (Å²) in [5, 5.41) is 23.8. The highest BCUT2D eigenvalue weighted by Gasteiger charge is 2.24. The minimum Gasteiger partial charge on any atom is -0.392 e. The fourth-order valence-electron chi connectivity index (χ4n) is 5.68. The average Bonchev–Trinajstić information content (AvgIpc) is 3.61. The molecule has 0 atom stereocenters. The van der Waals surface area contributed by atoms with E-state index in [0.717, 1.165) is 60.5 Å². The predicted octanol–water partition coefficient (Wildman–Crippen LogP) is 4.00. The van der Waals surface area contributed by atoms with Gasteiger partial charge in [-0.2, -0.15) is 5.10 Å². The number of hydrogen-bond acceptors (Lipinski definition) is 6. The first-order valence-electron chi connectivity index (χ1n) is 12.7. The van der Waals surface area contributed by atoms with Crippen LogP contribution in [0.5, 0.6) is 0 Å². The standard InChI is InChI=1S/C27H32N8O/c1-17(2)25-23-11-19(18-6-8-34(9-7-18)14-22-13-33(3)32-31-22)4-5-24(23)30-26(25)20-10-21(15-36)27-28-16-29-35(27)12-20/h4-5,10-13,16-18,30,36H,6-9,14-15H2,1-3H3. The molecule has 0 radical (unpaired) electrons. The van der Waals surface area contributed by atoms with E-state index in [-0.39, 0.29) is 6.61 Å². The van der Waals surface area contributed by atoms with Crippen LogP contribution in [0.1, 0.15) is 60.9 Å². The van der Waals surface area contributed by atoms with Gasteiger partial charge in [0.15, 0.2) is 5.65 Å². The van der Waals surface area contributed by atoms with Crippen molar-refractivity contribution in [3.8, 4) is 11.3 Å². The normalized spacial score (nSPS) is 15.6. The number of aliphatic hydroxyl groups excluding tert-OH is 1. The van der Waals surface area contributed by atoms with Crippen LogP contribution in [-0.4, -0.2) is 57.7 Å². The first-order valence-corrected chi connectivity index (χ1v) is 12.7. The number of nitrogens with one attached hydrogen (secondary N) is 1. The summed E-state index contributed by atoms with van der Waals surface area (Å²) < 4.78 is 3.51. The summed E-state index contributed by atoms with van der Waals surface area (Å²) in [6.07, 6.45) is 7.80. The van der Waals surface area contributed by atoms with Crippen LogP contribution < -0.4 is 0 Å². The quantitative estimate of drug-likeness (QED) is 0.378. The molecule has 4 aromatic heterocycles. The SMILES string of the molecule is CC(C)c1c(-c2cc(CO)c3ncnn3c2)[nH]c2ccc(C3CCN(Cc4cn(C)nn4)CC3)cc12. The summed E-state index contributed by atoms with van der Waals surface area (Å²) in [5.74, 6) is 0.889. The molecular weight excluding hydrogens is 452 g/mol. The zero-order chi connectivity index (χ0) is 24.8. The lowest BCUT2D eigenvalue weighted by molar-refractivity contribution is 0.202. The molecule has 1 saturated heterocycles. The van der Waals surface area contributed by atoms with Crippen molar-refractivity contribution in [2.24, 2.45) is 7.05 Å². The lowest BCUT2D eigenvalue weighted by Crippen LogP contribution is -2.32. The summed E-state index contributed by atoms with van der Waals surface area (Å²) in [6, 6.07) is 8.94. The van der Waals surface area contributed by atoms with Crippen LogP contribution in [-0.2, 0) is 20.2 Å². The Balaban J connectivity index is 1.30. The van der Waals surface area contributed by atoms with Crippen molar-refractivity contribution in [2.75, 3.05) is 13.1 Å². The lowest BCUT2D eigenvalue weighted by Gasteiger charge is -2.31. The highest BCUT2D eigenvalue weighted by atomic mass is 16.3. The highest BCUT2D eigenvalue weighted by Crippen LogP contribution is 2.38. The minimum atomic E-state index is -0.0764. The molecule has 1 fully saturated rings. The second kappa shape index (κ2) is 9.15. The number of aromatic amines is 1. The number of rotatable bonds is 6. The number of hydrogen-bond donors (Lipinski definition) is 2. The van der Waals surface area contributed by atoms with E-state index in [9.17, 15) is 5.11 Å². The Morgan fingerprint density at radius 2 is 1.97 bits per heavy atom. The number of aromatic nitrogens is 7. The zero-order valence-electron chi connectivity index (χ0n) is 21.0. The van der Waals surface area contributed by atoms with Gasteiger partial charge in [0.25, 0.3) is 0 Å². The number of aliphatic hydroxyl groups is 1. The Morgan fingerprint density at radius 3 is 2.69 bits per heavy atom. The first-order chi connectivity index (χ1) is 17.5. The van der Waals surface area contributed by atoms with Gasteiger partial charge in [0.05, 0.1) is 18.0 Å². The summed E-state index contributed by atoms with van der Waals surface area (Å²) in [5.41, 5.74) is 8.45. The molecule has 1 aliphatic heterocycles. The monoisotopic (exact) mass is 484 g/mol. The molecule has 9 heteroatoms. The number of piperidine rings is 1. The molecule has 0 saturated carbocycles. The fourth-order valence-corrected chi connectivity index (χ4v) is 5.68. The maximum atomic E-state index is 9.92. The van der Waals surface area contributed by atoms with Gasteiger partial charge in [-0.3, -0.25) is 9.58 Å². The number of pyridine rings is 1. The van der Waals surface area contributed by atoms with Crippen molar-refractivity contribution in [1.29, 1.82) is 0 Å². The van der Waals surface area contributed by atoms with Crippen molar-refractivity contribution in [1.82, 2.24) is 39.5 Å². The predicted molar refractivity (Wildman–Crippen MR) is 139 cm³/mol. The zero-order valence-corrected chi connectivity index (χ0v) is 21.0. The molecule has 0 amide bonds. The third-order valence-corrected chi connectivity index (χ3v) is 7.45. The lowest BCUT2D eigenvalue weighted by atomic mass is 9.87. The summed E-state index contributed by atoms with van der Waals surface area (Å²) in [7, 11) is 1.91. The summed E-state index contributed by atoms with van der Waals surface area (Å²) in [6.45, 7) is 7.40. The van der Waals surface area contributed by atoms with Gasteiger partial charge in [-0.15, -0.1) is 5.10 Å². The number of fused-ring (bicyclic) bond motifs is 2. The van der Waals surface area contributed by atoms with Crippen molar-refractivity contribution in [2.45, 2.75) is 51.7 Å². The van der Waals surface area contributed by atoms with E-state index >= 15 is 0 Å². The van der Waals surface area contributed by atoms with Gasteiger partial charge in [0.1, 0.15) is 6.33 Å². The van der Waals surface area contributed by atoms with Gasteiger partial charge in [-0.1, -0.05) is 25.1 Å². The van der Waals surface area contributed by atoms with E-state index in [1.54, 1.807) is 9.20 Å². The molecule has 1 aliphatic rings. The van der Waals surface area contributed by atoms with Crippen LogP contribution in [0.4, 0.5) is 0 Å². The van der Waals surface area contributed by atoms with E-state index in [0.29, 0.717) is 17.5 Å². The molecule has 186 valence electrons. The fraction of sp³-hybridized carbons (Fsp3) is 0.407. The van der Waals surface area contributed by atoms with Crippen molar-refractivity contribution < 1.29 is 5.11 Å². The van der Waals surface area contributed by atoms with Gasteiger partial charge in [0, 0.05) is 48.0 Å². The minimum absolute atomic E-state index is 0.0764. The second-order valence-corrected chi connectivity index (χ2v) is 10.2. The molecule has 9 nitrogen and oxygen atoms in total. The molecule has 5 heterocycles. The molecular formula is C27H32N8O. The van der Waals surface area contributed by atoms with Crippen LogP contribution in [0, 0.1) is 0 Å². The molecule has 1 aromatic carbocycles. The van der Waals surface area contributed by atoms with E-state index in [1.165, 1.54) is 22.8 Å². The van der Waals surface area contributed by atoms with E-state index in [4.69, 9.17) is 0 Å². The molecule has 6 rings (SSSR count). The summed E-state index contributed by atoms with van der Waals surface area (Å²) >= 11 is 0. The molecule has 0 unspecified atom stereocenters. The Morgan fingerprint density at radius 1 is 1.14 bits per heavy atom. The van der Waals surface area contributed by atoms with E-state index < -0.39 is 0 Å². The maximum absolute atomic E-state index is 9.92. The van der Waals surface area contributed by atoms with Crippen molar-refractivity contribution in [3.05, 3.63) is 65.4 Å². The van der Waals surface area contributed by atoms with Crippen LogP contribution in [0.2, 0.25) is 0 Å². The van der Waals surface area contributed by atoms with Gasteiger partial charge >= 0.3 is 0 Å². The van der Waals surface area contributed by atoms with Gasteiger partial charge in [-0.05, 0) is 67.1 Å². The first kappa shape index (κ1) is 22.9. The van der Waals surface area contributed by atoms with Crippen LogP contribution >= 0.6 is 0 Å². The second-order valence-electron chi connectivity index (χ2n) is 10.2. The Hall–Kier alpha value is -3.56. The number of nitrogens with zero attached hydrogens (tertiary/aromatic N) is 7. The van der Waals surface area contributed by atoms with Gasteiger partial charge in [-0.25, -0.2) is 9.50 Å². The van der Waals surface area contributed by atoms with E-state index in [2.05, 4.69) is 62.3 Å². The van der Waals surface area contributed by atoms with Crippen LogP contribution in [0.25, 0.3) is 27.8 Å². The molecule has 2 N–H and O–H groups in total. The Labute approximate surface area is 209 Å². The number of likely N-dealkylation sites (tertiary alicyclic amines) is 1. The van der Waals surface area contributed by atoms with Crippen molar-refractivity contribution >= 4 is 16.6 Å². The molecule has 36 heavy (non-hydrogen) atoms. The highest BCUT2D eigenvalue weighted by molar-refractivity contribution is 5.92. The van der Waals surface area contributed by atoms with Gasteiger partial charge in [0.2, 0.25) is 0 Å². The third-order valence-electron chi connectivity index (χ3n) is 7.45. The Bertz CT molecular complexity index is 1520. The van der Waals surface area contributed by atoms with Gasteiger partial charge < -0.3 is 10.1 Å². The number of aryl methyl sites for hydroxylation is 1. The molecule has 5 aromatic rings. The van der Waals surface area contributed by atoms with Crippen LogP contribution in [0.3, 0.4) is 0 Å².